The van der Waals surface area contributed by atoms with Gasteiger partial charge in [0, 0.05) is 15.6 Å². The van der Waals surface area contributed by atoms with Crippen molar-refractivity contribution in [2.24, 2.45) is 5.84 Å². The van der Waals surface area contributed by atoms with Crippen LogP contribution in [0.25, 0.3) is 0 Å². The normalized spacial score (nSPS) is 12.5. The predicted molar refractivity (Wildman–Crippen MR) is 79.4 cm³/mol. The van der Waals surface area contributed by atoms with Crippen LogP contribution in [-0.2, 0) is 0 Å². The third-order valence-electron chi connectivity index (χ3n) is 3.15. The summed E-state index contributed by atoms with van der Waals surface area (Å²) in [7, 11) is 0. The topological polar surface area (TPSA) is 38.0 Å². The second-order valence-electron chi connectivity index (χ2n) is 4.46. The maximum atomic E-state index is 14.2. The molecule has 2 rings (SSSR count). The van der Waals surface area contributed by atoms with Crippen molar-refractivity contribution >= 4 is 27.5 Å². The molecule has 2 aromatic rings. The van der Waals surface area contributed by atoms with Crippen LogP contribution in [0.3, 0.4) is 0 Å². The Morgan fingerprint density at radius 2 is 1.81 bits per heavy atom. The molecule has 0 bridgehead atoms. The first-order valence-electron chi connectivity index (χ1n) is 5.92. The van der Waals surface area contributed by atoms with E-state index in [0.717, 1.165) is 6.07 Å². The molecule has 0 saturated heterocycles. The molecule has 7 heteroatoms. The van der Waals surface area contributed by atoms with Crippen molar-refractivity contribution in [2.75, 3.05) is 0 Å². The Kier molecular flexibility index (Phi) is 4.93. The second kappa shape index (κ2) is 6.36. The fourth-order valence-electron chi connectivity index (χ4n) is 2.04. The van der Waals surface area contributed by atoms with Crippen LogP contribution >= 0.6 is 27.5 Å². The Morgan fingerprint density at radius 1 is 1.14 bits per heavy atom. The Labute approximate surface area is 133 Å². The zero-order valence-corrected chi connectivity index (χ0v) is 13.2. The Bertz CT molecular complexity index is 694. The van der Waals surface area contributed by atoms with Crippen molar-refractivity contribution in [3.8, 4) is 0 Å². The average molecular weight is 380 g/mol. The van der Waals surface area contributed by atoms with Crippen LogP contribution in [-0.4, -0.2) is 0 Å². The molecule has 0 aliphatic rings. The van der Waals surface area contributed by atoms with E-state index in [1.165, 1.54) is 25.1 Å². The van der Waals surface area contributed by atoms with E-state index in [0.29, 0.717) is 4.47 Å². The van der Waals surface area contributed by atoms with Crippen molar-refractivity contribution < 1.29 is 13.2 Å². The second-order valence-corrected chi connectivity index (χ2v) is 5.69. The first-order chi connectivity index (χ1) is 9.88. The van der Waals surface area contributed by atoms with Crippen molar-refractivity contribution in [2.45, 2.75) is 13.0 Å². The minimum absolute atomic E-state index is 0.0471. The molecule has 3 N–H and O–H groups in total. The van der Waals surface area contributed by atoms with E-state index in [1.54, 1.807) is 0 Å². The highest BCUT2D eigenvalue weighted by atomic mass is 79.9. The number of hydrogen-bond acceptors (Lipinski definition) is 2. The third-order valence-corrected chi connectivity index (χ3v) is 4.41. The summed E-state index contributed by atoms with van der Waals surface area (Å²) < 4.78 is 42.7. The summed E-state index contributed by atoms with van der Waals surface area (Å²) in [5.74, 6) is 2.98. The number of benzene rings is 2. The maximum absolute atomic E-state index is 14.2. The molecular weight excluding hydrogens is 369 g/mol. The van der Waals surface area contributed by atoms with Crippen LogP contribution in [0.5, 0.6) is 0 Å². The quantitative estimate of drug-likeness (QED) is 0.472. The van der Waals surface area contributed by atoms with Gasteiger partial charge in [0.25, 0.3) is 0 Å². The number of hydrazine groups is 1. The van der Waals surface area contributed by atoms with E-state index in [2.05, 4.69) is 21.4 Å². The number of nitrogens with one attached hydrogen (secondary N) is 1. The highest BCUT2D eigenvalue weighted by Gasteiger charge is 2.26. The van der Waals surface area contributed by atoms with Crippen LogP contribution in [0.1, 0.15) is 22.7 Å². The molecule has 0 amide bonds. The Hall–Kier alpha value is -1.08. The number of rotatable bonds is 3. The van der Waals surface area contributed by atoms with E-state index in [4.69, 9.17) is 17.4 Å². The summed E-state index contributed by atoms with van der Waals surface area (Å²) in [6.07, 6.45) is 0. The van der Waals surface area contributed by atoms with Gasteiger partial charge in [0.2, 0.25) is 0 Å². The summed E-state index contributed by atoms with van der Waals surface area (Å²) >= 11 is 8.88. The lowest BCUT2D eigenvalue weighted by Gasteiger charge is -2.20. The molecule has 0 radical (unpaired) electrons. The summed E-state index contributed by atoms with van der Waals surface area (Å²) in [4.78, 5) is 0. The summed E-state index contributed by atoms with van der Waals surface area (Å²) in [6.45, 7) is 1.48. The SMILES string of the molecule is Cc1ccc(F)c(C(NN)c2ccc(Br)c(Cl)c2F)c1F. The van der Waals surface area contributed by atoms with Crippen LogP contribution in [0.4, 0.5) is 13.2 Å². The molecule has 0 saturated carbocycles. The Balaban J connectivity index is 2.66. The first kappa shape index (κ1) is 16.3. The molecule has 112 valence electrons. The molecule has 0 aliphatic heterocycles. The van der Waals surface area contributed by atoms with Crippen molar-refractivity contribution in [3.63, 3.8) is 0 Å². The van der Waals surface area contributed by atoms with Crippen LogP contribution < -0.4 is 11.3 Å². The number of hydrogen-bond donors (Lipinski definition) is 2. The standard InChI is InChI=1S/C14H11BrClF3N2/c1-6-2-5-9(17)10(12(6)18)14(21-20)7-3-4-8(15)11(16)13(7)19/h2-5,14,21H,20H2,1H3. The lowest BCUT2D eigenvalue weighted by Crippen LogP contribution is -2.31. The molecule has 2 aromatic carbocycles. The molecule has 0 spiro atoms. The maximum Gasteiger partial charge on any atom is 0.148 e. The molecule has 2 nitrogen and oxygen atoms in total. The van der Waals surface area contributed by atoms with E-state index < -0.39 is 23.5 Å². The largest absolute Gasteiger partial charge is 0.271 e. The van der Waals surface area contributed by atoms with Crippen molar-refractivity contribution in [3.05, 3.63) is 67.9 Å². The minimum Gasteiger partial charge on any atom is -0.271 e. The third kappa shape index (κ3) is 2.94. The number of halogens is 5. The van der Waals surface area contributed by atoms with E-state index >= 15 is 0 Å². The highest BCUT2D eigenvalue weighted by Crippen LogP contribution is 2.34. The van der Waals surface area contributed by atoms with Gasteiger partial charge in [0.05, 0.1) is 11.1 Å². The smallest absolute Gasteiger partial charge is 0.148 e. The van der Waals surface area contributed by atoms with Gasteiger partial charge in [-0.1, -0.05) is 23.7 Å². The molecule has 0 aliphatic carbocycles. The number of nitrogens with two attached hydrogens (primary N) is 1. The van der Waals surface area contributed by atoms with Gasteiger partial charge < -0.3 is 0 Å². The van der Waals surface area contributed by atoms with Gasteiger partial charge in [0.15, 0.2) is 0 Å². The monoisotopic (exact) mass is 378 g/mol. The average Bonchev–Trinajstić information content (AvgIpc) is 2.46. The van der Waals surface area contributed by atoms with Crippen molar-refractivity contribution in [1.29, 1.82) is 0 Å². The van der Waals surface area contributed by atoms with Gasteiger partial charge in [-0.2, -0.15) is 0 Å². The zero-order valence-electron chi connectivity index (χ0n) is 10.9. The van der Waals surface area contributed by atoms with Gasteiger partial charge >= 0.3 is 0 Å². The first-order valence-corrected chi connectivity index (χ1v) is 7.09. The van der Waals surface area contributed by atoms with Crippen LogP contribution in [0.15, 0.2) is 28.7 Å². The van der Waals surface area contributed by atoms with Crippen LogP contribution in [0, 0.1) is 24.4 Å². The zero-order chi connectivity index (χ0) is 15.7. The van der Waals surface area contributed by atoms with E-state index in [1.807, 2.05) is 0 Å². The molecule has 0 heterocycles. The molecule has 1 unspecified atom stereocenters. The fourth-order valence-corrected chi connectivity index (χ4v) is 2.51. The highest BCUT2D eigenvalue weighted by molar-refractivity contribution is 9.10. The molecule has 1 atom stereocenters. The van der Waals surface area contributed by atoms with Crippen LogP contribution in [0.2, 0.25) is 5.02 Å². The Morgan fingerprint density at radius 3 is 2.43 bits per heavy atom. The van der Waals surface area contributed by atoms with E-state index in [-0.39, 0.29) is 21.7 Å². The molecule has 0 fully saturated rings. The molecule has 0 aromatic heterocycles. The van der Waals surface area contributed by atoms with Gasteiger partial charge in [-0.25, -0.2) is 18.6 Å². The fraction of sp³-hybridized carbons (Fsp3) is 0.143. The molecular formula is C14H11BrClF3N2. The lowest BCUT2D eigenvalue weighted by molar-refractivity contribution is 0.492. The van der Waals surface area contributed by atoms with Gasteiger partial charge in [0.1, 0.15) is 17.5 Å². The minimum atomic E-state index is -1.20. The molecule has 21 heavy (non-hydrogen) atoms. The van der Waals surface area contributed by atoms with Gasteiger partial charge in [-0.05, 0) is 40.5 Å². The van der Waals surface area contributed by atoms with Gasteiger partial charge in [-0.3, -0.25) is 5.84 Å². The van der Waals surface area contributed by atoms with Crippen molar-refractivity contribution in [1.82, 2.24) is 5.43 Å². The van der Waals surface area contributed by atoms with Gasteiger partial charge in [-0.15, -0.1) is 0 Å². The predicted octanol–water partition coefficient (Wildman–Crippen LogP) is 4.38. The summed E-state index contributed by atoms with van der Waals surface area (Å²) in [5.41, 5.74) is 2.07. The number of aryl methyl sites for hydroxylation is 1. The summed E-state index contributed by atoms with van der Waals surface area (Å²) in [6, 6.07) is 4.05. The lowest BCUT2D eigenvalue weighted by atomic mass is 9.96. The van der Waals surface area contributed by atoms with E-state index in [9.17, 15) is 13.2 Å². The summed E-state index contributed by atoms with van der Waals surface area (Å²) in [5, 5.41) is -0.179.